The van der Waals surface area contributed by atoms with Gasteiger partial charge in [-0.2, -0.15) is 0 Å². The van der Waals surface area contributed by atoms with Gasteiger partial charge in [-0.25, -0.2) is 0 Å². The summed E-state index contributed by atoms with van der Waals surface area (Å²) in [6, 6.07) is 7.58. The molecule has 0 radical (unpaired) electrons. The topological polar surface area (TPSA) is 63.4 Å². The van der Waals surface area contributed by atoms with Crippen molar-refractivity contribution in [1.82, 2.24) is 0 Å². The summed E-state index contributed by atoms with van der Waals surface area (Å²) in [6.45, 7) is 3.18. The molecule has 1 aromatic rings. The number of fused-ring (bicyclic) bond motifs is 1. The van der Waals surface area contributed by atoms with Crippen LogP contribution in [0.15, 0.2) is 24.3 Å². The summed E-state index contributed by atoms with van der Waals surface area (Å²) in [5.41, 5.74) is 6.99. The Balaban J connectivity index is 2.29. The van der Waals surface area contributed by atoms with E-state index in [4.69, 9.17) is 5.73 Å². The average molecular weight is 246 g/mol. The fourth-order valence-corrected chi connectivity index (χ4v) is 2.28. The molecule has 0 aliphatic carbocycles. The maximum absolute atomic E-state index is 12.0. The van der Waals surface area contributed by atoms with Crippen LogP contribution in [0.1, 0.15) is 30.1 Å². The first kappa shape index (κ1) is 12.6. The molecule has 4 nitrogen and oxygen atoms in total. The first-order valence-electron chi connectivity index (χ1n) is 6.26. The van der Waals surface area contributed by atoms with Crippen molar-refractivity contribution in [2.24, 2.45) is 11.7 Å². The number of primary amides is 1. The third-order valence-electron chi connectivity index (χ3n) is 3.36. The molecule has 0 spiro atoms. The summed E-state index contributed by atoms with van der Waals surface area (Å²) >= 11 is 0. The largest absolute Gasteiger partial charge is 0.370 e. The Morgan fingerprint density at radius 3 is 2.89 bits per heavy atom. The third-order valence-corrected chi connectivity index (χ3v) is 3.36. The van der Waals surface area contributed by atoms with E-state index in [1.165, 1.54) is 0 Å². The van der Waals surface area contributed by atoms with E-state index < -0.39 is 0 Å². The number of Topliss-reactive ketones (excluding diaryl/α,β-unsaturated/α-hetero) is 1. The minimum Gasteiger partial charge on any atom is -0.370 e. The highest BCUT2D eigenvalue weighted by Gasteiger charge is 2.22. The van der Waals surface area contributed by atoms with Crippen LogP contribution in [0, 0.1) is 5.92 Å². The number of hydrogen-bond acceptors (Lipinski definition) is 3. The molecule has 1 amide bonds. The van der Waals surface area contributed by atoms with Gasteiger partial charge in [0.25, 0.3) is 0 Å². The summed E-state index contributed by atoms with van der Waals surface area (Å²) in [4.78, 5) is 25.2. The van der Waals surface area contributed by atoms with Crippen LogP contribution >= 0.6 is 0 Å². The molecule has 0 aromatic heterocycles. The van der Waals surface area contributed by atoms with Gasteiger partial charge in [0.15, 0.2) is 5.78 Å². The lowest BCUT2D eigenvalue weighted by Crippen LogP contribution is -2.35. The summed E-state index contributed by atoms with van der Waals surface area (Å²) in [5, 5.41) is 0. The number of hydrogen-bond donors (Lipinski definition) is 1. The van der Waals surface area contributed by atoms with E-state index >= 15 is 0 Å². The predicted octanol–water partition coefficient (Wildman–Crippen LogP) is 1.59. The number of rotatable bonds is 3. The highest BCUT2D eigenvalue weighted by Crippen LogP contribution is 2.26. The number of nitrogens with zero attached hydrogens (tertiary/aromatic N) is 1. The molecule has 1 aliphatic rings. The van der Waals surface area contributed by atoms with Crippen LogP contribution in [-0.2, 0) is 4.79 Å². The van der Waals surface area contributed by atoms with E-state index in [1.54, 1.807) is 0 Å². The predicted molar refractivity (Wildman–Crippen MR) is 70.6 cm³/mol. The quantitative estimate of drug-likeness (QED) is 0.881. The second kappa shape index (κ2) is 5.21. The number of carbonyl (C=O) groups excluding carboxylic acids is 2. The molecule has 1 heterocycles. The van der Waals surface area contributed by atoms with Crippen molar-refractivity contribution in [3.05, 3.63) is 29.8 Å². The Morgan fingerprint density at radius 2 is 2.17 bits per heavy atom. The summed E-state index contributed by atoms with van der Waals surface area (Å²) < 4.78 is 0. The number of anilines is 1. The Hall–Kier alpha value is -1.84. The molecule has 1 unspecified atom stereocenters. The molecule has 0 saturated heterocycles. The van der Waals surface area contributed by atoms with Gasteiger partial charge >= 0.3 is 0 Å². The van der Waals surface area contributed by atoms with Crippen molar-refractivity contribution in [1.29, 1.82) is 0 Å². The second-order valence-electron chi connectivity index (χ2n) is 4.79. The fourth-order valence-electron chi connectivity index (χ4n) is 2.28. The van der Waals surface area contributed by atoms with Crippen molar-refractivity contribution in [3.63, 3.8) is 0 Å². The Morgan fingerprint density at radius 1 is 1.44 bits per heavy atom. The molecule has 96 valence electrons. The number of nitrogens with two attached hydrogens (primary N) is 1. The summed E-state index contributed by atoms with van der Waals surface area (Å²) in [6.07, 6.45) is 1.39. The standard InChI is InChI=1S/C14H18N2O2/c1-10(14(15)18)9-16-8-4-7-13(17)11-5-2-3-6-12(11)16/h2-3,5-6,10H,4,7-9H2,1H3,(H2,15,18). The zero-order valence-electron chi connectivity index (χ0n) is 10.6. The highest BCUT2D eigenvalue weighted by atomic mass is 16.1. The van der Waals surface area contributed by atoms with E-state index in [-0.39, 0.29) is 17.6 Å². The first-order valence-corrected chi connectivity index (χ1v) is 6.26. The van der Waals surface area contributed by atoms with Crippen molar-refractivity contribution in [2.45, 2.75) is 19.8 Å². The van der Waals surface area contributed by atoms with Gasteiger partial charge in [0.2, 0.25) is 5.91 Å². The van der Waals surface area contributed by atoms with Crippen molar-refractivity contribution in [3.8, 4) is 0 Å². The summed E-state index contributed by atoms with van der Waals surface area (Å²) in [7, 11) is 0. The third kappa shape index (κ3) is 2.53. The van der Waals surface area contributed by atoms with Gasteiger partial charge in [-0.1, -0.05) is 19.1 Å². The Kier molecular flexibility index (Phi) is 3.65. The number of amides is 1. The molecule has 2 N–H and O–H groups in total. The molecule has 18 heavy (non-hydrogen) atoms. The molecule has 1 aromatic carbocycles. The van der Waals surface area contributed by atoms with Gasteiger partial charge in [-0.15, -0.1) is 0 Å². The van der Waals surface area contributed by atoms with Gasteiger partial charge in [0, 0.05) is 30.8 Å². The molecule has 0 saturated carbocycles. The monoisotopic (exact) mass is 246 g/mol. The Labute approximate surface area is 107 Å². The highest BCUT2D eigenvalue weighted by molar-refractivity contribution is 6.02. The van der Waals surface area contributed by atoms with Crippen LogP contribution in [0.3, 0.4) is 0 Å². The maximum Gasteiger partial charge on any atom is 0.222 e. The van der Waals surface area contributed by atoms with Gasteiger partial charge in [0.1, 0.15) is 0 Å². The van der Waals surface area contributed by atoms with Crippen LogP contribution in [0.5, 0.6) is 0 Å². The van der Waals surface area contributed by atoms with Crippen LogP contribution in [0.4, 0.5) is 5.69 Å². The number of para-hydroxylation sites is 1. The molecular weight excluding hydrogens is 228 g/mol. The molecule has 2 rings (SSSR count). The minimum atomic E-state index is -0.303. The Bertz CT molecular complexity index is 471. The van der Waals surface area contributed by atoms with Crippen molar-refractivity contribution < 1.29 is 9.59 Å². The zero-order chi connectivity index (χ0) is 13.1. The van der Waals surface area contributed by atoms with E-state index in [2.05, 4.69) is 4.90 Å². The first-order chi connectivity index (χ1) is 8.59. The van der Waals surface area contributed by atoms with Gasteiger partial charge < -0.3 is 10.6 Å². The average Bonchev–Trinajstić information content (AvgIpc) is 2.51. The number of carbonyl (C=O) groups is 2. The number of benzene rings is 1. The lowest BCUT2D eigenvalue weighted by atomic mass is 10.1. The zero-order valence-corrected chi connectivity index (χ0v) is 10.6. The van der Waals surface area contributed by atoms with Crippen LogP contribution < -0.4 is 10.6 Å². The summed E-state index contributed by atoms with van der Waals surface area (Å²) in [5.74, 6) is -0.339. The molecule has 0 fully saturated rings. The van der Waals surface area contributed by atoms with E-state index in [0.717, 1.165) is 24.2 Å². The fraction of sp³-hybridized carbons (Fsp3) is 0.429. The van der Waals surface area contributed by atoms with Crippen LogP contribution in [-0.4, -0.2) is 24.8 Å². The lowest BCUT2D eigenvalue weighted by molar-refractivity contribution is -0.121. The normalized spacial score (nSPS) is 16.9. The van der Waals surface area contributed by atoms with Crippen LogP contribution in [0.25, 0.3) is 0 Å². The molecular formula is C14H18N2O2. The second-order valence-corrected chi connectivity index (χ2v) is 4.79. The maximum atomic E-state index is 12.0. The molecule has 1 aliphatic heterocycles. The minimum absolute atomic E-state index is 0.180. The van der Waals surface area contributed by atoms with E-state index in [0.29, 0.717) is 13.0 Å². The van der Waals surface area contributed by atoms with E-state index in [9.17, 15) is 9.59 Å². The van der Waals surface area contributed by atoms with Gasteiger partial charge in [-0.05, 0) is 18.6 Å². The van der Waals surface area contributed by atoms with Crippen molar-refractivity contribution >= 4 is 17.4 Å². The SMILES string of the molecule is CC(CN1CCCC(=O)c2ccccc21)C(N)=O. The van der Waals surface area contributed by atoms with Crippen LogP contribution in [0.2, 0.25) is 0 Å². The smallest absolute Gasteiger partial charge is 0.222 e. The van der Waals surface area contributed by atoms with E-state index in [1.807, 2.05) is 31.2 Å². The van der Waals surface area contributed by atoms with Gasteiger partial charge in [-0.3, -0.25) is 9.59 Å². The van der Waals surface area contributed by atoms with Gasteiger partial charge in [0.05, 0.1) is 5.92 Å². The number of ketones is 1. The molecule has 1 atom stereocenters. The lowest BCUT2D eigenvalue weighted by Gasteiger charge is -2.26. The molecule has 0 bridgehead atoms. The molecule has 4 heteroatoms. The van der Waals surface area contributed by atoms with Crippen molar-refractivity contribution in [2.75, 3.05) is 18.0 Å².